The van der Waals surface area contributed by atoms with Gasteiger partial charge in [0.05, 0.1) is 28.1 Å². The van der Waals surface area contributed by atoms with Crippen LogP contribution in [-0.2, 0) is 13.6 Å². The fraction of sp³-hybridized carbons (Fsp3) is 0.158. The summed E-state index contributed by atoms with van der Waals surface area (Å²) in [6.07, 6.45) is 1.73. The van der Waals surface area contributed by atoms with Crippen LogP contribution in [0.5, 0.6) is 0 Å². The molecule has 0 atom stereocenters. The van der Waals surface area contributed by atoms with Gasteiger partial charge >= 0.3 is 0 Å². The van der Waals surface area contributed by atoms with Crippen molar-refractivity contribution >= 4 is 32.6 Å². The van der Waals surface area contributed by atoms with Gasteiger partial charge < -0.3 is 0 Å². The van der Waals surface area contributed by atoms with E-state index in [-0.39, 0.29) is 5.91 Å². The second-order valence-corrected chi connectivity index (χ2v) is 6.98. The largest absolute Gasteiger partial charge is 0.278 e. The Hall–Kier alpha value is -3.06. The number of rotatable bonds is 4. The molecule has 0 aliphatic heterocycles. The van der Waals surface area contributed by atoms with Gasteiger partial charge in [0.25, 0.3) is 5.91 Å². The molecule has 0 aliphatic carbocycles. The topological polar surface area (TPSA) is 63.9 Å². The fourth-order valence-electron chi connectivity index (χ4n) is 2.80. The Kier molecular flexibility index (Phi) is 4.22. The molecule has 1 aromatic carbocycles. The summed E-state index contributed by atoms with van der Waals surface area (Å²) >= 11 is 1.50. The van der Waals surface area contributed by atoms with Gasteiger partial charge in [0.15, 0.2) is 5.13 Å². The van der Waals surface area contributed by atoms with E-state index in [2.05, 4.69) is 15.1 Å². The third-order valence-electron chi connectivity index (χ3n) is 4.03. The minimum absolute atomic E-state index is 0.141. The zero-order chi connectivity index (χ0) is 18.1. The monoisotopic (exact) mass is 363 g/mol. The van der Waals surface area contributed by atoms with Gasteiger partial charge in [-0.3, -0.25) is 19.4 Å². The molecule has 0 bridgehead atoms. The number of para-hydroxylation sites is 1. The van der Waals surface area contributed by atoms with Crippen molar-refractivity contribution in [2.75, 3.05) is 4.90 Å². The SMILES string of the molecule is Cc1cc(C(=O)N(Cc2ccccn2)c2nc3ccccc3s2)n(C)n1. The predicted molar refractivity (Wildman–Crippen MR) is 102 cm³/mol. The van der Waals surface area contributed by atoms with Crippen LogP contribution in [0.4, 0.5) is 5.13 Å². The van der Waals surface area contributed by atoms with Gasteiger partial charge in [-0.2, -0.15) is 5.10 Å². The van der Waals surface area contributed by atoms with E-state index >= 15 is 0 Å². The Morgan fingerprint density at radius 2 is 2.00 bits per heavy atom. The van der Waals surface area contributed by atoms with E-state index in [0.29, 0.717) is 17.4 Å². The third-order valence-corrected chi connectivity index (χ3v) is 5.09. The molecule has 1 amide bonds. The minimum atomic E-state index is -0.141. The highest BCUT2D eigenvalue weighted by molar-refractivity contribution is 7.22. The number of anilines is 1. The smallest absolute Gasteiger partial charge is 0.277 e. The van der Waals surface area contributed by atoms with E-state index in [1.807, 2.05) is 49.4 Å². The number of hydrogen-bond acceptors (Lipinski definition) is 5. The van der Waals surface area contributed by atoms with Gasteiger partial charge in [-0.05, 0) is 37.3 Å². The van der Waals surface area contributed by atoms with Crippen LogP contribution in [-0.4, -0.2) is 25.7 Å². The number of benzene rings is 1. The summed E-state index contributed by atoms with van der Waals surface area (Å²) in [5, 5.41) is 4.95. The molecule has 0 spiro atoms. The number of carbonyl (C=O) groups excluding carboxylic acids is 1. The van der Waals surface area contributed by atoms with E-state index in [1.54, 1.807) is 28.9 Å². The lowest BCUT2D eigenvalue weighted by Gasteiger charge is -2.19. The molecule has 7 heteroatoms. The van der Waals surface area contributed by atoms with Gasteiger partial charge in [0, 0.05) is 13.2 Å². The van der Waals surface area contributed by atoms with Gasteiger partial charge in [-0.15, -0.1) is 0 Å². The van der Waals surface area contributed by atoms with Crippen LogP contribution in [0, 0.1) is 6.92 Å². The van der Waals surface area contributed by atoms with E-state index < -0.39 is 0 Å². The number of aromatic nitrogens is 4. The van der Waals surface area contributed by atoms with Crippen molar-refractivity contribution in [3.8, 4) is 0 Å². The molecule has 0 fully saturated rings. The molecule has 0 aliphatic rings. The Labute approximate surface area is 154 Å². The van der Waals surface area contributed by atoms with Crippen molar-refractivity contribution in [3.05, 3.63) is 71.8 Å². The number of aryl methyl sites for hydroxylation is 2. The Balaban J connectivity index is 1.78. The van der Waals surface area contributed by atoms with Gasteiger partial charge in [-0.1, -0.05) is 29.5 Å². The number of hydrogen-bond donors (Lipinski definition) is 0. The summed E-state index contributed by atoms with van der Waals surface area (Å²) in [4.78, 5) is 24.0. The van der Waals surface area contributed by atoms with Crippen LogP contribution in [0.2, 0.25) is 0 Å². The van der Waals surface area contributed by atoms with E-state index in [4.69, 9.17) is 0 Å². The zero-order valence-electron chi connectivity index (χ0n) is 14.5. The highest BCUT2D eigenvalue weighted by Gasteiger charge is 2.24. The second kappa shape index (κ2) is 6.68. The zero-order valence-corrected chi connectivity index (χ0v) is 15.3. The minimum Gasteiger partial charge on any atom is -0.277 e. The number of nitrogens with zero attached hydrogens (tertiary/aromatic N) is 5. The van der Waals surface area contributed by atoms with E-state index in [9.17, 15) is 4.79 Å². The average molecular weight is 363 g/mol. The van der Waals surface area contributed by atoms with Gasteiger partial charge in [-0.25, -0.2) is 4.98 Å². The molecule has 0 saturated carbocycles. The Morgan fingerprint density at radius 3 is 2.69 bits per heavy atom. The lowest BCUT2D eigenvalue weighted by Crippen LogP contribution is -2.32. The lowest BCUT2D eigenvalue weighted by molar-refractivity contribution is 0.0975. The summed E-state index contributed by atoms with van der Waals surface area (Å²) in [6, 6.07) is 15.3. The van der Waals surface area contributed by atoms with Crippen molar-refractivity contribution in [1.29, 1.82) is 0 Å². The first-order valence-corrected chi connectivity index (χ1v) is 9.01. The van der Waals surface area contributed by atoms with Gasteiger partial charge in [0.1, 0.15) is 5.69 Å². The highest BCUT2D eigenvalue weighted by Crippen LogP contribution is 2.30. The highest BCUT2D eigenvalue weighted by atomic mass is 32.1. The molecule has 0 unspecified atom stereocenters. The lowest BCUT2D eigenvalue weighted by atomic mass is 10.3. The fourth-order valence-corrected chi connectivity index (χ4v) is 3.77. The quantitative estimate of drug-likeness (QED) is 0.556. The number of carbonyl (C=O) groups is 1. The number of fused-ring (bicyclic) bond motifs is 1. The van der Waals surface area contributed by atoms with Crippen molar-refractivity contribution < 1.29 is 4.79 Å². The van der Waals surface area contributed by atoms with Crippen molar-refractivity contribution in [2.24, 2.45) is 7.05 Å². The number of amides is 1. The van der Waals surface area contributed by atoms with Crippen LogP contribution in [0.25, 0.3) is 10.2 Å². The van der Waals surface area contributed by atoms with E-state index in [1.165, 1.54) is 11.3 Å². The summed E-state index contributed by atoms with van der Waals surface area (Å²) in [7, 11) is 1.78. The van der Waals surface area contributed by atoms with Crippen molar-refractivity contribution in [3.63, 3.8) is 0 Å². The molecule has 0 saturated heterocycles. The van der Waals surface area contributed by atoms with Crippen molar-refractivity contribution in [1.82, 2.24) is 19.7 Å². The van der Waals surface area contributed by atoms with Gasteiger partial charge in [0.2, 0.25) is 0 Å². The maximum atomic E-state index is 13.3. The first kappa shape index (κ1) is 16.4. The maximum absolute atomic E-state index is 13.3. The first-order valence-electron chi connectivity index (χ1n) is 8.20. The standard InChI is InChI=1S/C19H17N5OS/c1-13-11-16(23(2)22-13)18(25)24(12-14-7-5-6-10-20-14)19-21-15-8-3-4-9-17(15)26-19/h3-11H,12H2,1-2H3. The Morgan fingerprint density at radius 1 is 1.19 bits per heavy atom. The summed E-state index contributed by atoms with van der Waals surface area (Å²) in [6.45, 7) is 2.22. The molecule has 4 rings (SSSR count). The normalized spacial score (nSPS) is 11.0. The number of thiazole rings is 1. The first-order chi connectivity index (χ1) is 12.6. The second-order valence-electron chi connectivity index (χ2n) is 5.97. The summed E-state index contributed by atoms with van der Waals surface area (Å²) in [5.74, 6) is -0.141. The molecule has 4 aromatic rings. The average Bonchev–Trinajstić information content (AvgIpc) is 3.22. The maximum Gasteiger partial charge on any atom is 0.278 e. The third kappa shape index (κ3) is 3.09. The summed E-state index contributed by atoms with van der Waals surface area (Å²) < 4.78 is 2.65. The van der Waals surface area contributed by atoms with E-state index in [0.717, 1.165) is 21.6 Å². The van der Waals surface area contributed by atoms with Crippen LogP contribution < -0.4 is 4.90 Å². The molecule has 0 N–H and O–H groups in total. The van der Waals surface area contributed by atoms with Crippen molar-refractivity contribution in [2.45, 2.75) is 13.5 Å². The molecule has 3 aromatic heterocycles. The molecule has 3 heterocycles. The molecular weight excluding hydrogens is 346 g/mol. The summed E-state index contributed by atoms with van der Waals surface area (Å²) in [5.41, 5.74) is 3.02. The van der Waals surface area contributed by atoms with Crippen LogP contribution in [0.3, 0.4) is 0 Å². The molecular formula is C19H17N5OS. The predicted octanol–water partition coefficient (Wildman–Crippen LogP) is 3.58. The van der Waals surface area contributed by atoms with Crippen LogP contribution in [0.1, 0.15) is 21.9 Å². The molecule has 26 heavy (non-hydrogen) atoms. The Bertz CT molecular complexity index is 1040. The molecule has 6 nitrogen and oxygen atoms in total. The molecule has 0 radical (unpaired) electrons. The molecule has 130 valence electrons. The van der Waals surface area contributed by atoms with Crippen LogP contribution >= 0.6 is 11.3 Å². The van der Waals surface area contributed by atoms with Crippen LogP contribution in [0.15, 0.2) is 54.7 Å². The number of pyridine rings is 1.